The van der Waals surface area contributed by atoms with Gasteiger partial charge in [0.1, 0.15) is 0 Å². The van der Waals surface area contributed by atoms with Crippen molar-refractivity contribution >= 4 is 0 Å². The molecular formula is C11H21NO. The zero-order valence-corrected chi connectivity index (χ0v) is 8.50. The highest BCUT2D eigenvalue weighted by molar-refractivity contribution is 4.88. The third-order valence-corrected chi connectivity index (χ3v) is 3.62. The van der Waals surface area contributed by atoms with Crippen molar-refractivity contribution in [1.82, 2.24) is 5.32 Å². The van der Waals surface area contributed by atoms with E-state index in [1.807, 2.05) is 0 Å². The van der Waals surface area contributed by atoms with Crippen molar-refractivity contribution in [3.63, 3.8) is 0 Å². The highest BCUT2D eigenvalue weighted by Gasteiger charge is 2.29. The fourth-order valence-corrected chi connectivity index (χ4v) is 2.80. The molecule has 0 aromatic rings. The monoisotopic (exact) mass is 183 g/mol. The second-order valence-corrected chi connectivity index (χ2v) is 4.89. The van der Waals surface area contributed by atoms with E-state index in [-0.39, 0.29) is 6.10 Å². The van der Waals surface area contributed by atoms with Gasteiger partial charge in [0, 0.05) is 12.1 Å². The Hall–Kier alpha value is -0.0800. The second-order valence-electron chi connectivity index (χ2n) is 4.89. The molecule has 0 aromatic heterocycles. The molecule has 2 aliphatic rings. The van der Waals surface area contributed by atoms with Crippen LogP contribution in [0.3, 0.4) is 0 Å². The summed E-state index contributed by atoms with van der Waals surface area (Å²) < 4.78 is 0. The normalized spacial score (nSPS) is 45.7. The van der Waals surface area contributed by atoms with E-state index >= 15 is 0 Å². The Morgan fingerprint density at radius 1 is 1.15 bits per heavy atom. The summed E-state index contributed by atoms with van der Waals surface area (Å²) >= 11 is 0. The van der Waals surface area contributed by atoms with Gasteiger partial charge in [0.15, 0.2) is 0 Å². The number of rotatable bonds is 2. The lowest BCUT2D eigenvalue weighted by Crippen LogP contribution is -2.41. The van der Waals surface area contributed by atoms with Crippen molar-refractivity contribution in [2.24, 2.45) is 5.92 Å². The molecule has 0 bridgehead atoms. The quantitative estimate of drug-likeness (QED) is 0.682. The number of hydrogen-bond acceptors (Lipinski definition) is 2. The molecule has 13 heavy (non-hydrogen) atoms. The van der Waals surface area contributed by atoms with Crippen LogP contribution in [0.5, 0.6) is 0 Å². The Kier molecular flexibility index (Phi) is 2.89. The average molecular weight is 183 g/mol. The SMILES string of the molecule is CC1CCC(NC2CCCC2O)C1. The Balaban J connectivity index is 1.77. The standard InChI is InChI=1S/C11H21NO/c1-8-5-6-9(7-8)12-10-3-2-4-11(10)13/h8-13H,2-7H2,1H3. The fourth-order valence-electron chi connectivity index (χ4n) is 2.80. The third kappa shape index (κ3) is 2.23. The molecule has 4 unspecified atom stereocenters. The smallest absolute Gasteiger partial charge is 0.0693 e. The highest BCUT2D eigenvalue weighted by atomic mass is 16.3. The Morgan fingerprint density at radius 3 is 2.54 bits per heavy atom. The zero-order valence-electron chi connectivity index (χ0n) is 8.50. The molecule has 2 N–H and O–H groups in total. The van der Waals surface area contributed by atoms with Gasteiger partial charge in [-0.3, -0.25) is 0 Å². The van der Waals surface area contributed by atoms with Crippen molar-refractivity contribution < 1.29 is 5.11 Å². The Morgan fingerprint density at radius 2 is 2.00 bits per heavy atom. The summed E-state index contributed by atoms with van der Waals surface area (Å²) in [6.45, 7) is 2.33. The fraction of sp³-hybridized carbons (Fsp3) is 1.00. The molecule has 0 saturated heterocycles. The molecule has 4 atom stereocenters. The van der Waals surface area contributed by atoms with Crippen LogP contribution in [0.4, 0.5) is 0 Å². The predicted octanol–water partition coefficient (Wildman–Crippen LogP) is 1.68. The lowest BCUT2D eigenvalue weighted by Gasteiger charge is -2.21. The van der Waals surface area contributed by atoms with Gasteiger partial charge in [0.25, 0.3) is 0 Å². The maximum Gasteiger partial charge on any atom is 0.0693 e. The largest absolute Gasteiger partial charge is 0.392 e. The van der Waals surface area contributed by atoms with Gasteiger partial charge in [0.05, 0.1) is 6.10 Å². The minimum absolute atomic E-state index is 0.0732. The van der Waals surface area contributed by atoms with E-state index in [2.05, 4.69) is 12.2 Å². The average Bonchev–Trinajstić information content (AvgIpc) is 2.64. The Bertz CT molecular complexity index is 171. The van der Waals surface area contributed by atoms with Crippen LogP contribution in [0, 0.1) is 5.92 Å². The van der Waals surface area contributed by atoms with Gasteiger partial charge in [-0.15, -0.1) is 0 Å². The molecule has 2 saturated carbocycles. The van der Waals surface area contributed by atoms with Gasteiger partial charge < -0.3 is 10.4 Å². The summed E-state index contributed by atoms with van der Waals surface area (Å²) in [4.78, 5) is 0. The predicted molar refractivity (Wildman–Crippen MR) is 53.6 cm³/mol. The molecule has 0 spiro atoms. The van der Waals surface area contributed by atoms with Crippen molar-refractivity contribution in [2.45, 2.75) is 63.6 Å². The maximum absolute atomic E-state index is 9.65. The first-order valence-corrected chi connectivity index (χ1v) is 5.70. The molecule has 0 radical (unpaired) electrons. The van der Waals surface area contributed by atoms with E-state index in [9.17, 15) is 5.11 Å². The van der Waals surface area contributed by atoms with Gasteiger partial charge >= 0.3 is 0 Å². The number of aliphatic hydroxyl groups is 1. The molecule has 2 nitrogen and oxygen atoms in total. The molecule has 76 valence electrons. The van der Waals surface area contributed by atoms with Gasteiger partial charge in [-0.2, -0.15) is 0 Å². The first-order valence-electron chi connectivity index (χ1n) is 5.70. The maximum atomic E-state index is 9.65. The van der Waals surface area contributed by atoms with Crippen molar-refractivity contribution in [3.05, 3.63) is 0 Å². The summed E-state index contributed by atoms with van der Waals surface area (Å²) in [6.07, 6.45) is 7.28. The minimum Gasteiger partial charge on any atom is -0.392 e. The van der Waals surface area contributed by atoms with E-state index in [4.69, 9.17) is 0 Å². The third-order valence-electron chi connectivity index (χ3n) is 3.62. The van der Waals surface area contributed by atoms with E-state index in [0.29, 0.717) is 12.1 Å². The van der Waals surface area contributed by atoms with E-state index in [1.165, 1.54) is 32.1 Å². The first-order chi connectivity index (χ1) is 6.25. The van der Waals surface area contributed by atoms with Gasteiger partial charge in [-0.25, -0.2) is 0 Å². The van der Waals surface area contributed by atoms with E-state index < -0.39 is 0 Å². The van der Waals surface area contributed by atoms with Crippen molar-refractivity contribution in [3.8, 4) is 0 Å². The van der Waals surface area contributed by atoms with Crippen molar-refractivity contribution in [2.75, 3.05) is 0 Å². The number of aliphatic hydroxyl groups excluding tert-OH is 1. The summed E-state index contributed by atoms with van der Waals surface area (Å²) in [7, 11) is 0. The molecular weight excluding hydrogens is 162 g/mol. The van der Waals surface area contributed by atoms with Crippen LogP contribution in [-0.2, 0) is 0 Å². The van der Waals surface area contributed by atoms with Gasteiger partial charge in [-0.1, -0.05) is 6.92 Å². The highest BCUT2D eigenvalue weighted by Crippen LogP contribution is 2.27. The van der Waals surface area contributed by atoms with Crippen LogP contribution in [0.15, 0.2) is 0 Å². The van der Waals surface area contributed by atoms with Crippen LogP contribution < -0.4 is 5.32 Å². The number of hydrogen-bond donors (Lipinski definition) is 2. The molecule has 2 fully saturated rings. The summed E-state index contributed by atoms with van der Waals surface area (Å²) in [5, 5.41) is 13.3. The molecule has 0 aliphatic heterocycles. The molecule has 2 rings (SSSR count). The summed E-state index contributed by atoms with van der Waals surface area (Å²) in [5.74, 6) is 0.885. The molecule has 2 heteroatoms. The van der Waals surface area contributed by atoms with Gasteiger partial charge in [-0.05, 0) is 44.4 Å². The number of nitrogens with one attached hydrogen (secondary N) is 1. The van der Waals surface area contributed by atoms with Crippen LogP contribution in [0.2, 0.25) is 0 Å². The van der Waals surface area contributed by atoms with Crippen LogP contribution in [0.1, 0.15) is 45.4 Å². The minimum atomic E-state index is -0.0732. The first kappa shape index (κ1) is 9.47. The summed E-state index contributed by atoms with van der Waals surface area (Å²) in [5.41, 5.74) is 0. The van der Waals surface area contributed by atoms with Crippen LogP contribution >= 0.6 is 0 Å². The van der Waals surface area contributed by atoms with Gasteiger partial charge in [0.2, 0.25) is 0 Å². The molecule has 2 aliphatic carbocycles. The lowest BCUT2D eigenvalue weighted by molar-refractivity contribution is 0.142. The second kappa shape index (κ2) is 3.97. The summed E-state index contributed by atoms with van der Waals surface area (Å²) in [6, 6.07) is 1.09. The van der Waals surface area contributed by atoms with Crippen LogP contribution in [0.25, 0.3) is 0 Å². The van der Waals surface area contributed by atoms with Crippen LogP contribution in [-0.4, -0.2) is 23.3 Å². The van der Waals surface area contributed by atoms with E-state index in [1.54, 1.807) is 0 Å². The topological polar surface area (TPSA) is 32.3 Å². The molecule has 0 amide bonds. The lowest BCUT2D eigenvalue weighted by atomic mass is 10.1. The molecule has 0 heterocycles. The van der Waals surface area contributed by atoms with E-state index in [0.717, 1.165) is 12.3 Å². The zero-order chi connectivity index (χ0) is 9.26. The Labute approximate surface area is 80.7 Å². The van der Waals surface area contributed by atoms with Crippen molar-refractivity contribution in [1.29, 1.82) is 0 Å². The molecule has 0 aromatic carbocycles.